The molecule has 1 atom stereocenters. The first-order chi connectivity index (χ1) is 10.1. The third kappa shape index (κ3) is 2.48. The molecule has 21 heavy (non-hydrogen) atoms. The van der Waals surface area contributed by atoms with E-state index in [2.05, 4.69) is 15.5 Å². The molecule has 1 aliphatic rings. The van der Waals surface area contributed by atoms with Gasteiger partial charge in [0.1, 0.15) is 0 Å². The Kier molecular flexibility index (Phi) is 3.57. The smallest absolute Gasteiger partial charge is 0.226 e. The summed E-state index contributed by atoms with van der Waals surface area (Å²) in [5.41, 5.74) is 2.14. The van der Waals surface area contributed by atoms with Gasteiger partial charge in [-0.3, -0.25) is 4.79 Å². The topological polar surface area (TPSA) is 41.4 Å². The van der Waals surface area contributed by atoms with E-state index < -0.39 is 0 Å². The maximum absolute atomic E-state index is 12.2. The first-order valence-electron chi connectivity index (χ1n) is 7.45. The van der Waals surface area contributed by atoms with Crippen molar-refractivity contribution in [1.29, 1.82) is 0 Å². The van der Waals surface area contributed by atoms with Gasteiger partial charge < -0.3 is 14.4 Å². The highest BCUT2D eigenvalue weighted by molar-refractivity contribution is 5.80. The van der Waals surface area contributed by atoms with Gasteiger partial charge in [0.25, 0.3) is 0 Å². The van der Waals surface area contributed by atoms with E-state index >= 15 is 0 Å². The molecule has 0 spiro atoms. The highest BCUT2D eigenvalue weighted by atomic mass is 16.2. The third-order valence-corrected chi connectivity index (χ3v) is 4.26. The van der Waals surface area contributed by atoms with Crippen molar-refractivity contribution in [3.63, 3.8) is 0 Å². The van der Waals surface area contributed by atoms with Crippen LogP contribution in [0.15, 0.2) is 24.3 Å². The summed E-state index contributed by atoms with van der Waals surface area (Å²) >= 11 is 0. The van der Waals surface area contributed by atoms with Gasteiger partial charge in [-0.25, -0.2) is 4.98 Å². The second-order valence-electron chi connectivity index (χ2n) is 5.98. The Bertz CT molecular complexity index is 661. The normalized spacial score (nSPS) is 19.0. The highest BCUT2D eigenvalue weighted by Crippen LogP contribution is 2.26. The van der Waals surface area contributed by atoms with Gasteiger partial charge in [-0.2, -0.15) is 0 Å². The van der Waals surface area contributed by atoms with Crippen molar-refractivity contribution in [2.75, 3.05) is 32.1 Å². The molecule has 0 N–H and O–H groups in total. The van der Waals surface area contributed by atoms with E-state index in [1.165, 1.54) is 0 Å². The number of imidazole rings is 1. The lowest BCUT2D eigenvalue weighted by molar-refractivity contribution is -0.133. The Labute approximate surface area is 125 Å². The minimum atomic E-state index is 0.0774. The van der Waals surface area contributed by atoms with Gasteiger partial charge >= 0.3 is 0 Å². The fourth-order valence-electron chi connectivity index (χ4n) is 3.14. The van der Waals surface area contributed by atoms with Gasteiger partial charge in [0.15, 0.2) is 0 Å². The van der Waals surface area contributed by atoms with Crippen molar-refractivity contribution in [1.82, 2.24) is 14.5 Å². The number of rotatable bonds is 2. The van der Waals surface area contributed by atoms with E-state index in [9.17, 15) is 4.79 Å². The first-order valence-corrected chi connectivity index (χ1v) is 7.45. The maximum atomic E-state index is 12.2. The van der Waals surface area contributed by atoms with Crippen molar-refractivity contribution >= 4 is 22.9 Å². The number of fused-ring (bicyclic) bond motifs is 1. The molecule has 112 valence electrons. The van der Waals surface area contributed by atoms with Crippen molar-refractivity contribution in [3.05, 3.63) is 24.3 Å². The molecule has 1 aromatic heterocycles. The average molecular weight is 286 g/mol. The van der Waals surface area contributed by atoms with Crippen LogP contribution in [0.3, 0.4) is 0 Å². The Balaban J connectivity index is 1.88. The summed E-state index contributed by atoms with van der Waals surface area (Å²) in [6, 6.07) is 8.15. The Morgan fingerprint density at radius 3 is 2.81 bits per heavy atom. The van der Waals surface area contributed by atoms with Crippen LogP contribution in [0, 0.1) is 5.92 Å². The van der Waals surface area contributed by atoms with E-state index in [4.69, 9.17) is 4.98 Å². The zero-order valence-electron chi connectivity index (χ0n) is 12.9. The van der Waals surface area contributed by atoms with Crippen LogP contribution in [0.4, 0.5) is 5.95 Å². The predicted molar refractivity (Wildman–Crippen MR) is 84.3 cm³/mol. The molecule has 5 nitrogen and oxygen atoms in total. The molecule has 3 rings (SSSR count). The number of hydrogen-bond donors (Lipinski definition) is 0. The van der Waals surface area contributed by atoms with E-state index in [1.807, 2.05) is 39.3 Å². The highest BCUT2D eigenvalue weighted by Gasteiger charge is 2.28. The van der Waals surface area contributed by atoms with Crippen LogP contribution >= 0.6 is 0 Å². The van der Waals surface area contributed by atoms with Gasteiger partial charge in [0, 0.05) is 34.2 Å². The second-order valence-corrected chi connectivity index (χ2v) is 5.98. The third-order valence-electron chi connectivity index (χ3n) is 4.26. The van der Waals surface area contributed by atoms with Gasteiger partial charge in [0.2, 0.25) is 11.9 Å². The molecule has 1 saturated heterocycles. The summed E-state index contributed by atoms with van der Waals surface area (Å²) in [5, 5.41) is 0. The molecule has 0 aliphatic carbocycles. The molecular formula is C16H22N4O. The molecule has 2 heterocycles. The van der Waals surface area contributed by atoms with Crippen molar-refractivity contribution in [3.8, 4) is 0 Å². The van der Waals surface area contributed by atoms with Crippen molar-refractivity contribution in [2.45, 2.75) is 12.8 Å². The molecule has 2 aromatic rings. The van der Waals surface area contributed by atoms with E-state index in [-0.39, 0.29) is 11.8 Å². The minimum Gasteiger partial charge on any atom is -0.349 e. The molecule has 5 heteroatoms. The van der Waals surface area contributed by atoms with Crippen LogP contribution in [0.25, 0.3) is 11.0 Å². The number of anilines is 1. The monoisotopic (exact) mass is 286 g/mol. The molecular weight excluding hydrogens is 264 g/mol. The quantitative estimate of drug-likeness (QED) is 0.846. The summed E-state index contributed by atoms with van der Waals surface area (Å²) in [7, 11) is 5.70. The first kappa shape index (κ1) is 13.9. The molecule has 0 radical (unpaired) electrons. The van der Waals surface area contributed by atoms with Crippen LogP contribution < -0.4 is 4.90 Å². The number of aromatic nitrogens is 2. The largest absolute Gasteiger partial charge is 0.349 e. The number of carbonyl (C=O) groups is 1. The number of para-hydroxylation sites is 2. The number of nitrogens with zero attached hydrogens (tertiary/aromatic N) is 4. The number of amides is 1. The van der Waals surface area contributed by atoms with E-state index in [0.29, 0.717) is 0 Å². The van der Waals surface area contributed by atoms with Crippen molar-refractivity contribution in [2.24, 2.45) is 13.0 Å². The molecule has 0 saturated carbocycles. The zero-order chi connectivity index (χ0) is 15.0. The summed E-state index contributed by atoms with van der Waals surface area (Å²) in [6.07, 6.45) is 2.00. The number of hydrogen-bond acceptors (Lipinski definition) is 3. The molecule has 1 unspecified atom stereocenters. The predicted octanol–water partition coefficient (Wildman–Crippen LogP) is 1.88. The van der Waals surface area contributed by atoms with Gasteiger partial charge in [-0.1, -0.05) is 12.1 Å². The maximum Gasteiger partial charge on any atom is 0.226 e. The van der Waals surface area contributed by atoms with Crippen LogP contribution in [0.2, 0.25) is 0 Å². The Morgan fingerprint density at radius 1 is 1.33 bits per heavy atom. The van der Waals surface area contributed by atoms with Crippen molar-refractivity contribution < 1.29 is 4.79 Å². The Hall–Kier alpha value is -2.04. The summed E-state index contributed by atoms with van der Waals surface area (Å²) < 4.78 is 2.12. The lowest BCUT2D eigenvalue weighted by atomic mass is 9.97. The number of aryl methyl sites for hydroxylation is 1. The number of carbonyl (C=O) groups excluding carboxylic acids is 1. The van der Waals surface area contributed by atoms with Crippen LogP contribution in [-0.4, -0.2) is 47.5 Å². The number of piperidine rings is 1. The fraction of sp³-hybridized carbons (Fsp3) is 0.500. The average Bonchev–Trinajstić information content (AvgIpc) is 2.84. The zero-order valence-corrected chi connectivity index (χ0v) is 12.9. The van der Waals surface area contributed by atoms with Crippen LogP contribution in [0.5, 0.6) is 0 Å². The summed E-state index contributed by atoms with van der Waals surface area (Å²) in [5.74, 6) is 1.26. The fourth-order valence-corrected chi connectivity index (χ4v) is 3.14. The molecule has 1 aliphatic heterocycles. The van der Waals surface area contributed by atoms with Gasteiger partial charge in [-0.05, 0) is 25.0 Å². The Morgan fingerprint density at radius 2 is 2.10 bits per heavy atom. The lowest BCUT2D eigenvalue weighted by Crippen LogP contribution is -2.43. The summed E-state index contributed by atoms with van der Waals surface area (Å²) in [4.78, 5) is 20.9. The lowest BCUT2D eigenvalue weighted by Gasteiger charge is -2.33. The molecule has 1 fully saturated rings. The molecule has 0 bridgehead atoms. The standard InChI is InChI=1S/C16H22N4O/c1-18(2)15(21)12-7-6-10-20(11-12)16-17-13-8-4-5-9-14(13)19(16)3/h4-5,8-9,12H,6-7,10-11H2,1-3H3. The minimum absolute atomic E-state index is 0.0774. The second kappa shape index (κ2) is 5.39. The van der Waals surface area contributed by atoms with Gasteiger partial charge in [0.05, 0.1) is 17.0 Å². The molecule has 1 aromatic carbocycles. The van der Waals surface area contributed by atoms with Gasteiger partial charge in [-0.15, -0.1) is 0 Å². The van der Waals surface area contributed by atoms with E-state index in [1.54, 1.807) is 4.90 Å². The van der Waals surface area contributed by atoms with Crippen LogP contribution in [-0.2, 0) is 11.8 Å². The number of benzene rings is 1. The van der Waals surface area contributed by atoms with Crippen LogP contribution in [0.1, 0.15) is 12.8 Å². The summed E-state index contributed by atoms with van der Waals surface area (Å²) in [6.45, 7) is 1.72. The molecule has 1 amide bonds. The van der Waals surface area contributed by atoms with E-state index in [0.717, 1.165) is 42.9 Å². The SMILES string of the molecule is CN(C)C(=O)C1CCCN(c2nc3ccccc3n2C)C1.